The fraction of sp³-hybridized carbons (Fsp3) is 0.308. The lowest BCUT2D eigenvalue weighted by Crippen LogP contribution is -2.40. The molecule has 7 nitrogen and oxygen atoms in total. The van der Waals surface area contributed by atoms with Gasteiger partial charge in [0.2, 0.25) is 0 Å². The number of halogens is 6. The van der Waals surface area contributed by atoms with E-state index in [0.717, 1.165) is 12.1 Å². The highest BCUT2D eigenvalue weighted by atomic mass is 19.4. The standard InChI is InChI=1S/C39H36F6O7/c1-7-33(46)27-13-12-26(17-30(27)35(48)49)52-25-10-8-23(9-11-25)34(47)16-24-15-21(3)29(19-32(24)37(6,51)39(43,44)45)28-18-31(22(4)14-20(28)2)36(5,50)38(40,41)42/h8-15,17-19,50-51H,7,16H2,1-6H3,(H,48,49). The normalized spacial score (nSPS) is 14.3. The highest BCUT2D eigenvalue weighted by Gasteiger charge is 2.53. The molecule has 4 aromatic rings. The van der Waals surface area contributed by atoms with Gasteiger partial charge >= 0.3 is 18.3 Å². The Kier molecular flexibility index (Phi) is 10.9. The first kappa shape index (κ1) is 39.8. The van der Waals surface area contributed by atoms with E-state index < -0.39 is 52.9 Å². The van der Waals surface area contributed by atoms with Crippen molar-refractivity contribution in [2.45, 2.75) is 77.9 Å². The molecule has 0 heterocycles. The smallest absolute Gasteiger partial charge is 0.421 e. The Morgan fingerprint density at radius 2 is 1.13 bits per heavy atom. The number of hydrogen-bond acceptors (Lipinski definition) is 6. The van der Waals surface area contributed by atoms with Crippen LogP contribution in [0.5, 0.6) is 11.5 Å². The molecule has 0 saturated carbocycles. The molecule has 0 fully saturated rings. The SMILES string of the molecule is CCC(=O)c1ccc(Oc2ccc(C(=O)Cc3cc(C)c(-c4cc(C(C)(O)C(F)(F)F)c(C)cc4C)cc3C(C)(O)C(F)(F)F)cc2)cc1C(=O)O. The minimum Gasteiger partial charge on any atom is -0.478 e. The van der Waals surface area contributed by atoms with Crippen molar-refractivity contribution in [1.82, 2.24) is 0 Å². The van der Waals surface area contributed by atoms with Crippen LogP contribution in [0.1, 0.15) is 91.6 Å². The van der Waals surface area contributed by atoms with Crippen LogP contribution in [0.4, 0.5) is 26.3 Å². The van der Waals surface area contributed by atoms with Gasteiger partial charge in [-0.15, -0.1) is 0 Å². The van der Waals surface area contributed by atoms with Gasteiger partial charge in [-0.2, -0.15) is 26.3 Å². The summed E-state index contributed by atoms with van der Waals surface area (Å²) < 4.78 is 90.0. The number of alkyl halides is 6. The molecule has 0 radical (unpaired) electrons. The molecule has 52 heavy (non-hydrogen) atoms. The van der Waals surface area contributed by atoms with E-state index in [1.807, 2.05) is 0 Å². The summed E-state index contributed by atoms with van der Waals surface area (Å²) in [4.78, 5) is 37.3. The number of carbonyl (C=O) groups excluding carboxylic acids is 2. The maximum atomic E-state index is 14.3. The summed E-state index contributed by atoms with van der Waals surface area (Å²) in [6.07, 6.45) is -10.8. The summed E-state index contributed by atoms with van der Waals surface area (Å²) >= 11 is 0. The second-order valence-electron chi connectivity index (χ2n) is 13.0. The van der Waals surface area contributed by atoms with Crippen molar-refractivity contribution in [2.75, 3.05) is 0 Å². The lowest BCUT2D eigenvalue weighted by atomic mass is 9.81. The molecule has 0 aliphatic carbocycles. The second kappa shape index (κ2) is 14.2. The maximum absolute atomic E-state index is 14.3. The van der Waals surface area contributed by atoms with E-state index in [1.165, 1.54) is 68.4 Å². The van der Waals surface area contributed by atoms with Crippen LogP contribution in [0, 0.1) is 20.8 Å². The Balaban J connectivity index is 1.72. The third kappa shape index (κ3) is 7.75. The third-order valence-electron chi connectivity index (χ3n) is 9.07. The number of ether oxygens (including phenoxy) is 1. The number of aliphatic hydroxyl groups is 2. The van der Waals surface area contributed by atoms with Gasteiger partial charge in [0, 0.05) is 24.0 Å². The monoisotopic (exact) mass is 730 g/mol. The van der Waals surface area contributed by atoms with E-state index in [4.69, 9.17) is 4.74 Å². The van der Waals surface area contributed by atoms with Crippen molar-refractivity contribution in [1.29, 1.82) is 0 Å². The number of aromatic carboxylic acids is 1. The molecule has 0 bridgehead atoms. The number of rotatable bonds is 11. The quantitative estimate of drug-likeness (QED) is 0.104. The van der Waals surface area contributed by atoms with E-state index in [0.29, 0.717) is 25.0 Å². The van der Waals surface area contributed by atoms with Crippen LogP contribution in [-0.2, 0) is 17.6 Å². The molecule has 4 rings (SSSR count). The largest absolute Gasteiger partial charge is 0.478 e. The first-order chi connectivity index (χ1) is 23.9. The molecule has 13 heteroatoms. The van der Waals surface area contributed by atoms with Gasteiger partial charge in [-0.05, 0) is 134 Å². The van der Waals surface area contributed by atoms with E-state index >= 15 is 0 Å². The predicted octanol–water partition coefficient (Wildman–Crippen LogP) is 9.33. The van der Waals surface area contributed by atoms with E-state index in [9.17, 15) is 56.0 Å². The number of hydrogen-bond donors (Lipinski definition) is 3. The van der Waals surface area contributed by atoms with E-state index in [-0.39, 0.29) is 62.6 Å². The summed E-state index contributed by atoms with van der Waals surface area (Å²) in [7, 11) is 0. The number of carboxylic acid groups (broad SMARTS) is 1. The van der Waals surface area contributed by atoms with Gasteiger partial charge in [0.15, 0.2) is 22.8 Å². The number of Topliss-reactive ketones (excluding diaryl/α,β-unsaturated/α-hetero) is 2. The molecule has 2 unspecified atom stereocenters. The van der Waals surface area contributed by atoms with Crippen molar-refractivity contribution >= 4 is 17.5 Å². The molecule has 0 aliphatic heterocycles. The van der Waals surface area contributed by atoms with Crippen LogP contribution in [0.15, 0.2) is 66.7 Å². The van der Waals surface area contributed by atoms with Crippen LogP contribution in [0.25, 0.3) is 11.1 Å². The molecule has 276 valence electrons. The summed E-state index contributed by atoms with van der Waals surface area (Å²) in [6.45, 7) is 7.11. The van der Waals surface area contributed by atoms with Gasteiger partial charge in [-0.25, -0.2) is 4.79 Å². The molecule has 2 atom stereocenters. The zero-order chi connectivity index (χ0) is 39.1. The minimum atomic E-state index is -5.22. The summed E-state index contributed by atoms with van der Waals surface area (Å²) in [5, 5.41) is 30.8. The Bertz CT molecular complexity index is 2040. The van der Waals surface area contributed by atoms with Crippen molar-refractivity contribution in [3.8, 4) is 22.6 Å². The number of aryl methyl sites for hydroxylation is 3. The Morgan fingerprint density at radius 1 is 0.635 bits per heavy atom. The molecule has 3 N–H and O–H groups in total. The van der Waals surface area contributed by atoms with Crippen molar-refractivity contribution in [3.05, 3.63) is 117 Å². The van der Waals surface area contributed by atoms with Crippen molar-refractivity contribution < 1.29 is 60.8 Å². The molecular weight excluding hydrogens is 694 g/mol. The van der Waals surface area contributed by atoms with Gasteiger partial charge in [-0.3, -0.25) is 9.59 Å². The lowest BCUT2D eigenvalue weighted by Gasteiger charge is -2.31. The van der Waals surface area contributed by atoms with Gasteiger partial charge in [0.1, 0.15) is 11.5 Å². The number of benzene rings is 4. The Morgan fingerprint density at radius 3 is 1.65 bits per heavy atom. The molecule has 0 saturated heterocycles. The van der Waals surface area contributed by atoms with E-state index in [1.54, 1.807) is 13.8 Å². The van der Waals surface area contributed by atoms with Crippen LogP contribution in [0.3, 0.4) is 0 Å². The predicted molar refractivity (Wildman–Crippen MR) is 180 cm³/mol. The summed E-state index contributed by atoms with van der Waals surface area (Å²) in [6, 6.07) is 14.1. The third-order valence-corrected chi connectivity index (χ3v) is 9.07. The molecule has 0 amide bonds. The molecular formula is C39H36F6O7. The zero-order valence-electron chi connectivity index (χ0n) is 29.0. The highest BCUT2D eigenvalue weighted by molar-refractivity contribution is 6.06. The van der Waals surface area contributed by atoms with Gasteiger partial charge < -0.3 is 20.1 Å². The molecule has 0 aliphatic rings. The lowest BCUT2D eigenvalue weighted by molar-refractivity contribution is -0.259. The van der Waals surface area contributed by atoms with E-state index in [2.05, 4.69) is 0 Å². The second-order valence-corrected chi connectivity index (χ2v) is 13.0. The Labute approximate surface area is 295 Å². The number of ketones is 2. The molecule has 0 aromatic heterocycles. The average molecular weight is 731 g/mol. The highest BCUT2D eigenvalue weighted by Crippen LogP contribution is 2.45. The first-order valence-corrected chi connectivity index (χ1v) is 16.0. The molecule has 0 spiro atoms. The van der Waals surface area contributed by atoms with Crippen LogP contribution in [0.2, 0.25) is 0 Å². The Hall–Kier alpha value is -5.01. The topological polar surface area (TPSA) is 121 Å². The molecule has 4 aromatic carbocycles. The van der Waals surface area contributed by atoms with Gasteiger partial charge in [0.25, 0.3) is 0 Å². The summed E-state index contributed by atoms with van der Waals surface area (Å²) in [5.74, 6) is -2.06. The summed E-state index contributed by atoms with van der Waals surface area (Å²) in [5.41, 5.74) is -7.33. The zero-order valence-corrected chi connectivity index (χ0v) is 29.0. The van der Waals surface area contributed by atoms with Gasteiger partial charge in [0.05, 0.1) is 5.56 Å². The number of carboxylic acids is 1. The minimum absolute atomic E-state index is 0.0174. The average Bonchev–Trinajstić information content (AvgIpc) is 3.03. The van der Waals surface area contributed by atoms with Crippen molar-refractivity contribution in [2.24, 2.45) is 0 Å². The number of carbonyl (C=O) groups is 3. The first-order valence-electron chi connectivity index (χ1n) is 16.0. The van der Waals surface area contributed by atoms with Gasteiger partial charge in [-0.1, -0.05) is 19.1 Å². The fourth-order valence-electron chi connectivity index (χ4n) is 5.95. The fourth-order valence-corrected chi connectivity index (χ4v) is 5.95. The van der Waals surface area contributed by atoms with Crippen LogP contribution < -0.4 is 4.74 Å². The maximum Gasteiger partial charge on any atom is 0.421 e. The van der Waals surface area contributed by atoms with Crippen LogP contribution >= 0.6 is 0 Å². The van der Waals surface area contributed by atoms with Crippen LogP contribution in [-0.4, -0.2) is 45.2 Å². The van der Waals surface area contributed by atoms with Crippen molar-refractivity contribution in [3.63, 3.8) is 0 Å².